The average Bonchev–Trinajstić information content (AvgIpc) is 2.32. The third-order valence-electron chi connectivity index (χ3n) is 2.81. The number of hydrogen-bond donors (Lipinski definition) is 2. The van der Waals surface area contributed by atoms with Crippen LogP contribution in [0.15, 0.2) is 42.5 Å². The molecule has 92 valence electrons. The minimum Gasteiger partial charge on any atom is -0.508 e. The molecule has 0 amide bonds. The number of hydrogen-bond acceptors (Lipinski definition) is 3. The second-order valence-electron chi connectivity index (χ2n) is 4.27. The molecular weight excluding hydrogens is 228 g/mol. The van der Waals surface area contributed by atoms with Gasteiger partial charge in [-0.3, -0.25) is 4.79 Å². The molecular formula is C15H14O3. The fourth-order valence-corrected chi connectivity index (χ4v) is 1.86. The molecule has 0 aromatic heterocycles. The molecule has 3 nitrogen and oxygen atoms in total. The molecule has 0 fully saturated rings. The molecule has 0 radical (unpaired) electrons. The van der Waals surface area contributed by atoms with Crippen molar-refractivity contribution in [3.8, 4) is 11.5 Å². The van der Waals surface area contributed by atoms with E-state index >= 15 is 0 Å². The van der Waals surface area contributed by atoms with Crippen LogP contribution in [-0.2, 0) is 6.42 Å². The number of benzene rings is 2. The molecule has 2 N–H and O–H groups in total. The van der Waals surface area contributed by atoms with Crippen molar-refractivity contribution in [3.05, 3.63) is 59.2 Å². The van der Waals surface area contributed by atoms with Crippen LogP contribution in [0.25, 0.3) is 0 Å². The molecule has 0 atom stereocenters. The highest BCUT2D eigenvalue weighted by Crippen LogP contribution is 2.18. The van der Waals surface area contributed by atoms with Gasteiger partial charge in [-0.05, 0) is 48.4 Å². The lowest BCUT2D eigenvalue weighted by Crippen LogP contribution is -2.05. The van der Waals surface area contributed by atoms with Gasteiger partial charge in [0.2, 0.25) is 0 Å². The van der Waals surface area contributed by atoms with Gasteiger partial charge in [-0.15, -0.1) is 0 Å². The number of aromatic hydroxyl groups is 2. The van der Waals surface area contributed by atoms with Crippen molar-refractivity contribution >= 4 is 5.78 Å². The second-order valence-corrected chi connectivity index (χ2v) is 4.27. The second kappa shape index (κ2) is 4.92. The van der Waals surface area contributed by atoms with E-state index < -0.39 is 0 Å². The molecule has 18 heavy (non-hydrogen) atoms. The van der Waals surface area contributed by atoms with Gasteiger partial charge in [-0.25, -0.2) is 0 Å². The van der Waals surface area contributed by atoms with Gasteiger partial charge in [-0.1, -0.05) is 12.1 Å². The summed E-state index contributed by atoms with van der Waals surface area (Å²) >= 11 is 0. The number of Topliss-reactive ketones (excluding diaryl/α,β-unsaturated/α-hetero) is 1. The SMILES string of the molecule is Cc1cc(O)ccc1C(=O)Cc1ccc(O)cc1. The maximum absolute atomic E-state index is 12.1. The van der Waals surface area contributed by atoms with Gasteiger partial charge < -0.3 is 10.2 Å². The largest absolute Gasteiger partial charge is 0.508 e. The van der Waals surface area contributed by atoms with Gasteiger partial charge in [0.25, 0.3) is 0 Å². The molecule has 2 aromatic rings. The van der Waals surface area contributed by atoms with E-state index in [0.29, 0.717) is 5.56 Å². The monoisotopic (exact) mass is 242 g/mol. The topological polar surface area (TPSA) is 57.5 Å². The van der Waals surface area contributed by atoms with Crippen LogP contribution in [0.1, 0.15) is 21.5 Å². The first kappa shape index (κ1) is 12.2. The van der Waals surface area contributed by atoms with E-state index in [1.807, 2.05) is 0 Å². The number of carbonyl (C=O) groups excluding carboxylic acids is 1. The van der Waals surface area contributed by atoms with Crippen LogP contribution in [0.4, 0.5) is 0 Å². The van der Waals surface area contributed by atoms with Crippen molar-refractivity contribution in [2.45, 2.75) is 13.3 Å². The number of phenols is 2. The first-order chi connectivity index (χ1) is 8.56. The lowest BCUT2D eigenvalue weighted by Gasteiger charge is -2.06. The van der Waals surface area contributed by atoms with E-state index in [-0.39, 0.29) is 23.7 Å². The zero-order chi connectivity index (χ0) is 13.1. The summed E-state index contributed by atoms with van der Waals surface area (Å²) in [4.78, 5) is 12.1. The first-order valence-corrected chi connectivity index (χ1v) is 5.67. The third-order valence-corrected chi connectivity index (χ3v) is 2.81. The Kier molecular flexibility index (Phi) is 3.33. The summed E-state index contributed by atoms with van der Waals surface area (Å²) in [6.07, 6.45) is 0.284. The lowest BCUT2D eigenvalue weighted by molar-refractivity contribution is 0.0992. The zero-order valence-electron chi connectivity index (χ0n) is 10.1. The van der Waals surface area contributed by atoms with Crippen molar-refractivity contribution in [3.63, 3.8) is 0 Å². The summed E-state index contributed by atoms with van der Waals surface area (Å²) in [7, 11) is 0. The van der Waals surface area contributed by atoms with Crippen molar-refractivity contribution in [1.29, 1.82) is 0 Å². The van der Waals surface area contributed by atoms with Crippen molar-refractivity contribution in [2.75, 3.05) is 0 Å². The Balaban J connectivity index is 2.19. The molecule has 3 heteroatoms. The summed E-state index contributed by atoms with van der Waals surface area (Å²) in [5.74, 6) is 0.346. The molecule has 2 rings (SSSR count). The molecule has 0 heterocycles. The van der Waals surface area contributed by atoms with E-state index in [1.54, 1.807) is 43.3 Å². The highest BCUT2D eigenvalue weighted by atomic mass is 16.3. The maximum atomic E-state index is 12.1. The van der Waals surface area contributed by atoms with Crippen LogP contribution in [0, 0.1) is 6.92 Å². The Morgan fingerprint density at radius 2 is 1.61 bits per heavy atom. The summed E-state index contributed by atoms with van der Waals surface area (Å²) in [5.41, 5.74) is 2.23. The van der Waals surface area contributed by atoms with E-state index in [9.17, 15) is 9.90 Å². The highest BCUT2D eigenvalue weighted by Gasteiger charge is 2.10. The van der Waals surface area contributed by atoms with E-state index in [1.165, 1.54) is 6.07 Å². The first-order valence-electron chi connectivity index (χ1n) is 5.67. The fourth-order valence-electron chi connectivity index (χ4n) is 1.86. The summed E-state index contributed by atoms with van der Waals surface area (Å²) in [6.45, 7) is 1.80. The van der Waals surface area contributed by atoms with Crippen LogP contribution in [0.3, 0.4) is 0 Å². The van der Waals surface area contributed by atoms with Gasteiger partial charge in [0, 0.05) is 12.0 Å². The van der Waals surface area contributed by atoms with Crippen molar-refractivity contribution in [2.24, 2.45) is 0 Å². The van der Waals surface area contributed by atoms with Crippen molar-refractivity contribution in [1.82, 2.24) is 0 Å². The molecule has 2 aromatic carbocycles. The zero-order valence-corrected chi connectivity index (χ0v) is 10.1. The van der Waals surface area contributed by atoms with Crippen LogP contribution in [0.2, 0.25) is 0 Å². The summed E-state index contributed by atoms with van der Waals surface area (Å²) in [6, 6.07) is 11.3. The van der Waals surface area contributed by atoms with Gasteiger partial charge in [0.05, 0.1) is 0 Å². The predicted octanol–water partition coefficient (Wildman–Crippen LogP) is 2.83. The molecule has 0 spiro atoms. The van der Waals surface area contributed by atoms with Crippen LogP contribution < -0.4 is 0 Å². The van der Waals surface area contributed by atoms with Crippen molar-refractivity contribution < 1.29 is 15.0 Å². The maximum Gasteiger partial charge on any atom is 0.167 e. The van der Waals surface area contributed by atoms with Crippen LogP contribution in [0.5, 0.6) is 11.5 Å². The van der Waals surface area contributed by atoms with Gasteiger partial charge in [0.15, 0.2) is 5.78 Å². The molecule has 0 aliphatic heterocycles. The Morgan fingerprint density at radius 3 is 2.22 bits per heavy atom. The third kappa shape index (κ3) is 2.69. The van der Waals surface area contributed by atoms with E-state index in [4.69, 9.17) is 5.11 Å². The van der Waals surface area contributed by atoms with Crippen LogP contribution >= 0.6 is 0 Å². The van der Waals surface area contributed by atoms with Gasteiger partial charge >= 0.3 is 0 Å². The predicted molar refractivity (Wildman–Crippen MR) is 69.0 cm³/mol. The smallest absolute Gasteiger partial charge is 0.167 e. The van der Waals surface area contributed by atoms with E-state index in [2.05, 4.69) is 0 Å². The summed E-state index contributed by atoms with van der Waals surface area (Å²) < 4.78 is 0. The number of carbonyl (C=O) groups is 1. The average molecular weight is 242 g/mol. The minimum atomic E-state index is -0.00168. The lowest BCUT2D eigenvalue weighted by atomic mass is 9.99. The molecule has 0 saturated heterocycles. The molecule has 0 bridgehead atoms. The number of rotatable bonds is 3. The Hall–Kier alpha value is -2.29. The van der Waals surface area contributed by atoms with Gasteiger partial charge in [0.1, 0.15) is 11.5 Å². The molecule has 0 aliphatic carbocycles. The highest BCUT2D eigenvalue weighted by molar-refractivity contribution is 5.98. The quantitative estimate of drug-likeness (QED) is 0.814. The molecule has 0 saturated carbocycles. The Labute approximate surface area is 105 Å². The standard InChI is InChI=1S/C15H14O3/c1-10-8-13(17)6-7-14(10)15(18)9-11-2-4-12(16)5-3-11/h2-8,16-17H,9H2,1H3. The number of phenolic OH excluding ortho intramolecular Hbond substituents is 2. The molecule has 0 unspecified atom stereocenters. The number of aryl methyl sites for hydroxylation is 1. The normalized spacial score (nSPS) is 10.3. The fraction of sp³-hybridized carbons (Fsp3) is 0.133. The number of ketones is 1. The Morgan fingerprint density at radius 1 is 1.00 bits per heavy atom. The minimum absolute atomic E-state index is 0.00168. The Bertz CT molecular complexity index is 571. The summed E-state index contributed by atoms with van der Waals surface area (Å²) in [5, 5.41) is 18.5. The van der Waals surface area contributed by atoms with Crippen LogP contribution in [-0.4, -0.2) is 16.0 Å². The van der Waals surface area contributed by atoms with E-state index in [0.717, 1.165) is 11.1 Å². The molecule has 0 aliphatic rings. The van der Waals surface area contributed by atoms with Gasteiger partial charge in [-0.2, -0.15) is 0 Å².